The number of carbonyl (C=O) groups is 2. The lowest BCUT2D eigenvalue weighted by atomic mass is 9.88. The molecule has 1 saturated heterocycles. The number of aromatic nitrogens is 2. The van der Waals surface area contributed by atoms with Crippen molar-refractivity contribution < 1.29 is 19.8 Å². The van der Waals surface area contributed by atoms with E-state index in [9.17, 15) is 14.7 Å². The van der Waals surface area contributed by atoms with Crippen LogP contribution in [0, 0.1) is 24.2 Å². The maximum Gasteiger partial charge on any atom is 0.354 e. The predicted octanol–water partition coefficient (Wildman–Crippen LogP) is 1.00. The van der Waals surface area contributed by atoms with Gasteiger partial charge in [0.2, 0.25) is 5.91 Å². The van der Waals surface area contributed by atoms with Crippen molar-refractivity contribution in [3.05, 3.63) is 47.3 Å². The molecule has 1 aromatic heterocycles. The van der Waals surface area contributed by atoms with Gasteiger partial charge in [-0.15, -0.1) is 0 Å². The molecule has 7 nitrogen and oxygen atoms in total. The first-order valence-electron chi connectivity index (χ1n) is 8.05. The molecule has 1 aliphatic heterocycles. The number of carbonyl (C=O) groups excluding carboxylic acids is 1. The first-order chi connectivity index (χ1) is 12.4. The van der Waals surface area contributed by atoms with Crippen LogP contribution in [-0.4, -0.2) is 45.2 Å². The number of aliphatic hydroxyl groups excluding tert-OH is 1. The summed E-state index contributed by atoms with van der Waals surface area (Å²) in [5.74, 6) is 4.72. The van der Waals surface area contributed by atoms with E-state index >= 15 is 0 Å². The van der Waals surface area contributed by atoms with Crippen molar-refractivity contribution in [1.82, 2.24) is 15.3 Å². The summed E-state index contributed by atoms with van der Waals surface area (Å²) in [6.07, 6.45) is 0.456. The van der Waals surface area contributed by atoms with E-state index in [0.717, 1.165) is 0 Å². The number of nitrogens with zero attached hydrogens (tertiary/aromatic N) is 2. The zero-order chi connectivity index (χ0) is 18.7. The number of aryl methyl sites for hydroxylation is 1. The molecule has 26 heavy (non-hydrogen) atoms. The smallest absolute Gasteiger partial charge is 0.354 e. The van der Waals surface area contributed by atoms with E-state index < -0.39 is 11.4 Å². The number of carboxylic acid groups (broad SMARTS) is 1. The van der Waals surface area contributed by atoms with Crippen LogP contribution in [0.25, 0.3) is 11.4 Å². The number of hydrogen-bond donors (Lipinski definition) is 3. The molecular weight excluding hydrogens is 334 g/mol. The summed E-state index contributed by atoms with van der Waals surface area (Å²) < 4.78 is 0. The topological polar surface area (TPSA) is 112 Å². The molecule has 0 saturated carbocycles. The molecule has 0 radical (unpaired) electrons. The third kappa shape index (κ3) is 3.41. The first kappa shape index (κ1) is 17.6. The van der Waals surface area contributed by atoms with Gasteiger partial charge in [-0.3, -0.25) is 4.79 Å². The van der Waals surface area contributed by atoms with Gasteiger partial charge in [0.1, 0.15) is 5.41 Å². The number of hydrogen-bond acceptors (Lipinski definition) is 5. The molecule has 1 aliphatic rings. The Bertz CT molecular complexity index is 945. The highest BCUT2D eigenvalue weighted by Gasteiger charge is 2.40. The normalized spacial score (nSPS) is 18.8. The second kappa shape index (κ2) is 6.94. The van der Waals surface area contributed by atoms with Gasteiger partial charge in [-0.25, -0.2) is 14.8 Å². The lowest BCUT2D eigenvalue weighted by Crippen LogP contribution is -2.33. The Morgan fingerprint density at radius 2 is 2.15 bits per heavy atom. The van der Waals surface area contributed by atoms with Crippen LogP contribution in [-0.2, 0) is 4.79 Å². The maximum atomic E-state index is 11.9. The number of aromatic carboxylic acids is 1. The first-order valence-corrected chi connectivity index (χ1v) is 8.05. The molecule has 3 N–H and O–H groups in total. The molecule has 1 aromatic carbocycles. The van der Waals surface area contributed by atoms with Crippen LogP contribution in [0.1, 0.15) is 28.2 Å². The minimum atomic E-state index is -1.12. The van der Waals surface area contributed by atoms with Gasteiger partial charge in [-0.1, -0.05) is 24.0 Å². The summed E-state index contributed by atoms with van der Waals surface area (Å²) in [6.45, 7) is 1.85. The zero-order valence-corrected chi connectivity index (χ0v) is 14.1. The Kier molecular flexibility index (Phi) is 4.69. The minimum absolute atomic E-state index is 0.0779. The minimum Gasteiger partial charge on any atom is -0.477 e. The molecular formula is C19H17N3O4. The monoisotopic (exact) mass is 351 g/mol. The Labute approximate surface area is 150 Å². The molecule has 0 bridgehead atoms. The van der Waals surface area contributed by atoms with E-state index in [1.54, 1.807) is 31.2 Å². The van der Waals surface area contributed by atoms with Gasteiger partial charge < -0.3 is 15.5 Å². The summed E-state index contributed by atoms with van der Waals surface area (Å²) in [5, 5.41) is 21.4. The number of nitrogens with one attached hydrogen (secondary N) is 1. The van der Waals surface area contributed by atoms with E-state index in [1.807, 2.05) is 0 Å². The molecule has 3 rings (SSSR count). The lowest BCUT2D eigenvalue weighted by Gasteiger charge is -2.15. The highest BCUT2D eigenvalue weighted by molar-refractivity contribution is 5.88. The largest absolute Gasteiger partial charge is 0.477 e. The molecule has 2 aromatic rings. The third-order valence-corrected chi connectivity index (χ3v) is 4.18. The summed E-state index contributed by atoms with van der Waals surface area (Å²) in [4.78, 5) is 31.4. The second-order valence-corrected chi connectivity index (χ2v) is 6.10. The Hall–Kier alpha value is -3.24. The van der Waals surface area contributed by atoms with Crippen LogP contribution in [0.5, 0.6) is 0 Å². The van der Waals surface area contributed by atoms with Crippen molar-refractivity contribution in [2.45, 2.75) is 13.3 Å². The van der Waals surface area contributed by atoms with Gasteiger partial charge in [-0.2, -0.15) is 0 Å². The highest BCUT2D eigenvalue weighted by Crippen LogP contribution is 2.25. The van der Waals surface area contributed by atoms with Crippen molar-refractivity contribution in [3.63, 3.8) is 0 Å². The van der Waals surface area contributed by atoms with E-state index in [-0.39, 0.29) is 18.2 Å². The third-order valence-electron chi connectivity index (χ3n) is 4.18. The summed E-state index contributed by atoms with van der Waals surface area (Å²) >= 11 is 0. The number of carboxylic acids is 1. The molecule has 132 valence electrons. The van der Waals surface area contributed by atoms with Crippen LogP contribution in [0.4, 0.5) is 0 Å². The standard InChI is InChI=1S/C19H17N3O4/c1-12-9-15(17(24)25)22-16(21-12)14-4-2-3-13(10-14)5-6-19(11-23)7-8-20-18(19)26/h2-4,9-10,23H,7-8,11H2,1H3,(H,20,26)(H,24,25)/t19-/m0/s1. The van der Waals surface area contributed by atoms with Crippen molar-refractivity contribution in [3.8, 4) is 23.2 Å². The maximum absolute atomic E-state index is 11.9. The molecule has 0 spiro atoms. The quantitative estimate of drug-likeness (QED) is 0.711. The van der Waals surface area contributed by atoms with Gasteiger partial charge in [0.25, 0.3) is 0 Å². The zero-order valence-electron chi connectivity index (χ0n) is 14.1. The van der Waals surface area contributed by atoms with E-state index in [0.29, 0.717) is 35.6 Å². The lowest BCUT2D eigenvalue weighted by molar-refractivity contribution is -0.126. The fourth-order valence-corrected chi connectivity index (χ4v) is 2.72. The average Bonchev–Trinajstić information content (AvgIpc) is 3.00. The van der Waals surface area contributed by atoms with Crippen molar-refractivity contribution in [2.24, 2.45) is 5.41 Å². The average molecular weight is 351 g/mol. The molecule has 1 amide bonds. The molecule has 1 atom stereocenters. The van der Waals surface area contributed by atoms with Gasteiger partial charge >= 0.3 is 5.97 Å². The van der Waals surface area contributed by atoms with E-state index in [4.69, 9.17) is 5.11 Å². The van der Waals surface area contributed by atoms with Crippen LogP contribution >= 0.6 is 0 Å². The van der Waals surface area contributed by atoms with Crippen LogP contribution in [0.15, 0.2) is 30.3 Å². The fraction of sp³-hybridized carbons (Fsp3) is 0.263. The van der Waals surface area contributed by atoms with Crippen molar-refractivity contribution >= 4 is 11.9 Å². The Morgan fingerprint density at radius 3 is 2.81 bits per heavy atom. The van der Waals surface area contributed by atoms with Gasteiger partial charge in [0.05, 0.1) is 6.61 Å². The number of rotatable bonds is 3. The van der Waals surface area contributed by atoms with Gasteiger partial charge in [-0.05, 0) is 31.5 Å². The molecule has 1 fully saturated rings. The summed E-state index contributed by atoms with van der Waals surface area (Å²) in [5.41, 5.74) is 0.636. The predicted molar refractivity (Wildman–Crippen MR) is 93.2 cm³/mol. The number of amides is 1. The van der Waals surface area contributed by atoms with Crippen molar-refractivity contribution in [1.29, 1.82) is 0 Å². The SMILES string of the molecule is Cc1cc(C(=O)O)nc(-c2cccc(C#C[C@@]3(CO)CCNC3=O)c2)n1. The molecule has 0 aliphatic carbocycles. The Morgan fingerprint density at radius 1 is 1.35 bits per heavy atom. The Balaban J connectivity index is 1.97. The van der Waals surface area contributed by atoms with Crippen LogP contribution in [0.3, 0.4) is 0 Å². The molecule has 0 unspecified atom stereocenters. The fourth-order valence-electron chi connectivity index (χ4n) is 2.72. The van der Waals surface area contributed by atoms with E-state index in [2.05, 4.69) is 27.1 Å². The molecule has 2 heterocycles. The van der Waals surface area contributed by atoms with Crippen LogP contribution < -0.4 is 5.32 Å². The van der Waals surface area contributed by atoms with Crippen molar-refractivity contribution in [2.75, 3.05) is 13.2 Å². The van der Waals surface area contributed by atoms with Gasteiger partial charge in [0.15, 0.2) is 11.5 Å². The van der Waals surface area contributed by atoms with E-state index in [1.165, 1.54) is 6.07 Å². The highest BCUT2D eigenvalue weighted by atomic mass is 16.4. The number of aliphatic hydroxyl groups is 1. The summed E-state index contributed by atoms with van der Waals surface area (Å²) in [6, 6.07) is 8.41. The van der Waals surface area contributed by atoms with Crippen LogP contribution in [0.2, 0.25) is 0 Å². The molecule has 7 heteroatoms. The summed E-state index contributed by atoms with van der Waals surface area (Å²) in [7, 11) is 0. The van der Waals surface area contributed by atoms with Gasteiger partial charge in [0, 0.05) is 23.4 Å². The number of benzene rings is 1. The second-order valence-electron chi connectivity index (χ2n) is 6.10.